The summed E-state index contributed by atoms with van der Waals surface area (Å²) in [5.74, 6) is 0.109. The molecule has 0 aliphatic carbocycles. The predicted molar refractivity (Wildman–Crippen MR) is 87.8 cm³/mol. The Labute approximate surface area is 135 Å². The molecule has 5 nitrogen and oxygen atoms in total. The number of benzene rings is 1. The van der Waals surface area contributed by atoms with Gasteiger partial charge in [0.15, 0.2) is 0 Å². The molecule has 1 aromatic carbocycles. The fourth-order valence-electron chi connectivity index (χ4n) is 2.59. The number of carboxylic acids is 1. The normalized spacial score (nSPS) is 20.9. The molecule has 0 saturated carbocycles. The monoisotopic (exact) mass is 322 g/mol. The van der Waals surface area contributed by atoms with E-state index in [1.54, 1.807) is 23.6 Å². The van der Waals surface area contributed by atoms with Crippen LogP contribution in [0, 0.1) is 5.41 Å². The third-order valence-electron chi connectivity index (χ3n) is 4.02. The van der Waals surface area contributed by atoms with E-state index in [2.05, 4.69) is 23.7 Å². The van der Waals surface area contributed by atoms with Crippen LogP contribution >= 0.6 is 11.8 Å². The lowest BCUT2D eigenvalue weighted by Gasteiger charge is -2.20. The van der Waals surface area contributed by atoms with Gasteiger partial charge in [0.25, 0.3) is 0 Å². The first kappa shape index (κ1) is 16.7. The van der Waals surface area contributed by atoms with Crippen LogP contribution in [-0.2, 0) is 17.1 Å². The Morgan fingerprint density at radius 2 is 2.14 bits per heavy atom. The highest BCUT2D eigenvalue weighted by Crippen LogP contribution is 2.29. The summed E-state index contributed by atoms with van der Waals surface area (Å²) in [5, 5.41) is 12.1. The van der Waals surface area contributed by atoms with E-state index < -0.39 is 11.4 Å². The molecule has 0 aromatic heterocycles. The maximum atomic E-state index is 12.2. The molecule has 22 heavy (non-hydrogen) atoms. The van der Waals surface area contributed by atoms with Crippen LogP contribution in [0.15, 0.2) is 24.3 Å². The topological polar surface area (TPSA) is 69.6 Å². The van der Waals surface area contributed by atoms with Gasteiger partial charge in [0.05, 0.1) is 5.41 Å². The van der Waals surface area contributed by atoms with Gasteiger partial charge >= 0.3 is 12.0 Å². The number of hydrogen-bond acceptors (Lipinski definition) is 3. The molecule has 6 heteroatoms. The number of rotatable bonds is 5. The van der Waals surface area contributed by atoms with E-state index in [-0.39, 0.29) is 12.6 Å². The number of thioether (sulfide) groups is 1. The van der Waals surface area contributed by atoms with Gasteiger partial charge in [-0.2, -0.15) is 11.8 Å². The summed E-state index contributed by atoms with van der Waals surface area (Å²) in [6.07, 6.45) is 2.56. The second-order valence-corrected chi connectivity index (χ2v) is 6.82. The number of likely N-dealkylation sites (tertiary alicyclic amines) is 1. The van der Waals surface area contributed by atoms with E-state index in [1.807, 2.05) is 12.1 Å². The van der Waals surface area contributed by atoms with Crippen molar-refractivity contribution in [3.63, 3.8) is 0 Å². The molecule has 2 N–H and O–H groups in total. The molecule has 2 rings (SSSR count). The Morgan fingerprint density at radius 3 is 2.77 bits per heavy atom. The molecule has 1 aliphatic rings. The second-order valence-electron chi connectivity index (χ2n) is 5.95. The second kappa shape index (κ2) is 7.05. The number of carboxylic acid groups (broad SMARTS) is 1. The summed E-state index contributed by atoms with van der Waals surface area (Å²) in [6.45, 7) is 2.90. The van der Waals surface area contributed by atoms with E-state index in [1.165, 1.54) is 5.56 Å². The average Bonchev–Trinajstić information content (AvgIpc) is 2.90. The minimum Gasteiger partial charge on any atom is -0.481 e. The van der Waals surface area contributed by atoms with Gasteiger partial charge in [-0.3, -0.25) is 4.79 Å². The van der Waals surface area contributed by atoms with Crippen molar-refractivity contribution in [3.8, 4) is 0 Å². The average molecular weight is 322 g/mol. The number of hydrogen-bond donors (Lipinski definition) is 2. The SMILES string of the molecule is CSCc1cccc(CNC(=O)N2CCC(C)(C(=O)O)C2)c1. The van der Waals surface area contributed by atoms with Crippen molar-refractivity contribution in [2.45, 2.75) is 25.6 Å². The first-order valence-corrected chi connectivity index (χ1v) is 8.67. The van der Waals surface area contributed by atoms with E-state index in [9.17, 15) is 14.7 Å². The molecule has 1 aromatic rings. The summed E-state index contributed by atoms with van der Waals surface area (Å²) in [5.41, 5.74) is 1.47. The standard InChI is InChI=1S/C16H22N2O3S/c1-16(14(19)20)6-7-18(11-16)15(21)17-9-12-4-3-5-13(8-12)10-22-2/h3-5,8H,6-7,9-11H2,1-2H3,(H,17,21)(H,19,20). The van der Waals surface area contributed by atoms with Crippen molar-refractivity contribution >= 4 is 23.8 Å². The van der Waals surface area contributed by atoms with Crippen LogP contribution in [0.4, 0.5) is 4.79 Å². The molecule has 1 atom stereocenters. The van der Waals surface area contributed by atoms with Crippen LogP contribution in [0.2, 0.25) is 0 Å². The maximum Gasteiger partial charge on any atom is 0.317 e. The largest absolute Gasteiger partial charge is 0.481 e. The van der Waals surface area contributed by atoms with Crippen molar-refractivity contribution in [3.05, 3.63) is 35.4 Å². The number of carbonyl (C=O) groups excluding carboxylic acids is 1. The molecule has 1 unspecified atom stereocenters. The van der Waals surface area contributed by atoms with Crippen molar-refractivity contribution in [2.24, 2.45) is 5.41 Å². The number of aliphatic carboxylic acids is 1. The fourth-order valence-corrected chi connectivity index (χ4v) is 3.11. The third-order valence-corrected chi connectivity index (χ3v) is 4.65. The number of urea groups is 1. The zero-order valence-corrected chi connectivity index (χ0v) is 13.8. The molecule has 1 fully saturated rings. The van der Waals surface area contributed by atoms with Crippen molar-refractivity contribution in [2.75, 3.05) is 19.3 Å². The van der Waals surface area contributed by atoms with Gasteiger partial charge in [0.2, 0.25) is 0 Å². The molecule has 1 aliphatic heterocycles. The van der Waals surface area contributed by atoms with Crippen LogP contribution in [0.3, 0.4) is 0 Å². The van der Waals surface area contributed by atoms with Crippen molar-refractivity contribution in [1.29, 1.82) is 0 Å². The lowest BCUT2D eigenvalue weighted by molar-refractivity contribution is -0.146. The van der Waals surface area contributed by atoms with E-state index in [0.717, 1.165) is 11.3 Å². The fraction of sp³-hybridized carbons (Fsp3) is 0.500. The molecule has 0 bridgehead atoms. The smallest absolute Gasteiger partial charge is 0.317 e. The van der Waals surface area contributed by atoms with Crippen LogP contribution in [0.5, 0.6) is 0 Å². The zero-order valence-electron chi connectivity index (χ0n) is 13.0. The van der Waals surface area contributed by atoms with E-state index >= 15 is 0 Å². The number of carbonyl (C=O) groups is 2. The van der Waals surface area contributed by atoms with Crippen LogP contribution in [0.25, 0.3) is 0 Å². The van der Waals surface area contributed by atoms with Gasteiger partial charge in [-0.15, -0.1) is 0 Å². The Morgan fingerprint density at radius 1 is 1.41 bits per heavy atom. The van der Waals surface area contributed by atoms with Gasteiger partial charge in [-0.25, -0.2) is 4.79 Å². The summed E-state index contributed by atoms with van der Waals surface area (Å²) in [7, 11) is 0. The molecule has 1 saturated heterocycles. The Kier molecular flexibility index (Phi) is 5.34. The number of nitrogens with zero attached hydrogens (tertiary/aromatic N) is 1. The van der Waals surface area contributed by atoms with Gasteiger partial charge in [0.1, 0.15) is 0 Å². The lowest BCUT2D eigenvalue weighted by atomic mass is 9.90. The molecular weight excluding hydrogens is 300 g/mol. The van der Waals surface area contributed by atoms with E-state index in [0.29, 0.717) is 19.5 Å². The van der Waals surface area contributed by atoms with Gasteiger partial charge in [0, 0.05) is 25.4 Å². The summed E-state index contributed by atoms with van der Waals surface area (Å²) < 4.78 is 0. The molecule has 1 heterocycles. The Bertz CT molecular complexity index is 564. The lowest BCUT2D eigenvalue weighted by Crippen LogP contribution is -2.40. The van der Waals surface area contributed by atoms with Gasteiger partial charge in [-0.05, 0) is 30.7 Å². The van der Waals surface area contributed by atoms with Crippen LogP contribution in [-0.4, -0.2) is 41.4 Å². The quantitative estimate of drug-likeness (QED) is 0.874. The Balaban J connectivity index is 1.88. The third kappa shape index (κ3) is 3.94. The van der Waals surface area contributed by atoms with Gasteiger partial charge in [-0.1, -0.05) is 24.3 Å². The molecular formula is C16H22N2O3S. The van der Waals surface area contributed by atoms with Crippen LogP contribution in [0.1, 0.15) is 24.5 Å². The molecule has 0 spiro atoms. The molecule has 120 valence electrons. The number of nitrogens with one attached hydrogen (secondary N) is 1. The first-order valence-electron chi connectivity index (χ1n) is 7.27. The maximum absolute atomic E-state index is 12.2. The first-order chi connectivity index (χ1) is 10.4. The van der Waals surface area contributed by atoms with Crippen molar-refractivity contribution in [1.82, 2.24) is 10.2 Å². The predicted octanol–water partition coefficient (Wildman–Crippen LogP) is 2.56. The molecule has 2 amide bonds. The van der Waals surface area contributed by atoms with E-state index in [4.69, 9.17) is 0 Å². The summed E-state index contributed by atoms with van der Waals surface area (Å²) in [6, 6.07) is 7.93. The Hall–Kier alpha value is -1.69. The summed E-state index contributed by atoms with van der Waals surface area (Å²) >= 11 is 1.76. The van der Waals surface area contributed by atoms with Crippen molar-refractivity contribution < 1.29 is 14.7 Å². The molecule has 0 radical (unpaired) electrons. The highest BCUT2D eigenvalue weighted by molar-refractivity contribution is 7.97. The minimum atomic E-state index is -0.840. The number of amides is 2. The highest BCUT2D eigenvalue weighted by atomic mass is 32.2. The van der Waals surface area contributed by atoms with Gasteiger partial charge < -0.3 is 15.3 Å². The minimum absolute atomic E-state index is 0.194. The zero-order chi connectivity index (χ0) is 16.2. The summed E-state index contributed by atoms with van der Waals surface area (Å²) in [4.78, 5) is 25.0. The van der Waals surface area contributed by atoms with Crippen LogP contribution < -0.4 is 5.32 Å². The highest BCUT2D eigenvalue weighted by Gasteiger charge is 2.42.